The predicted octanol–water partition coefficient (Wildman–Crippen LogP) is 4.55. The summed E-state index contributed by atoms with van der Waals surface area (Å²) in [5.41, 5.74) is 10.6. The topological polar surface area (TPSA) is 29.3 Å². The third-order valence-corrected chi connectivity index (χ3v) is 3.94. The lowest BCUT2D eigenvalue weighted by Crippen LogP contribution is -2.11. The first kappa shape index (κ1) is 14.1. The first-order valence-corrected chi connectivity index (χ1v) is 7.14. The molecule has 0 amide bonds. The minimum Gasteiger partial charge on any atom is -0.345 e. The molecule has 100 valence electrons. The van der Waals surface area contributed by atoms with Crippen LogP contribution in [0.25, 0.3) is 0 Å². The summed E-state index contributed by atoms with van der Waals surface area (Å²) in [6.45, 7) is 4.09. The minimum atomic E-state index is 0.0349. The summed E-state index contributed by atoms with van der Waals surface area (Å²) in [5.74, 6) is 0. The number of nitrogens with two attached hydrogens (primary N) is 1. The Labute approximate surface area is 123 Å². The Morgan fingerprint density at radius 1 is 1.11 bits per heavy atom. The van der Waals surface area contributed by atoms with Crippen LogP contribution in [0.1, 0.15) is 24.1 Å². The van der Waals surface area contributed by atoms with Gasteiger partial charge in [0, 0.05) is 28.9 Å². The second-order valence-electron chi connectivity index (χ2n) is 4.89. The van der Waals surface area contributed by atoms with Gasteiger partial charge < -0.3 is 10.6 Å². The lowest BCUT2D eigenvalue weighted by molar-refractivity contribution is 0.813. The highest BCUT2D eigenvalue weighted by Crippen LogP contribution is 2.30. The number of halogens is 1. The molecule has 0 fully saturated rings. The average Bonchev–Trinajstić information content (AvgIpc) is 2.37. The van der Waals surface area contributed by atoms with Crippen molar-refractivity contribution >= 4 is 27.3 Å². The Morgan fingerprint density at radius 3 is 2.37 bits per heavy atom. The summed E-state index contributed by atoms with van der Waals surface area (Å²) >= 11 is 3.60. The molecule has 19 heavy (non-hydrogen) atoms. The number of hydrogen-bond donors (Lipinski definition) is 1. The van der Waals surface area contributed by atoms with Gasteiger partial charge in [0.2, 0.25) is 0 Å². The molecule has 2 aromatic carbocycles. The maximum Gasteiger partial charge on any atom is 0.0419 e. The standard InChI is InChI=1S/C16H19BrN2/c1-11-5-4-6-13(9-11)19(3)14-7-8-15(12(2)18)16(17)10-14/h4-10,12H,18H2,1-3H3. The quantitative estimate of drug-likeness (QED) is 0.899. The van der Waals surface area contributed by atoms with Crippen LogP contribution < -0.4 is 10.6 Å². The highest BCUT2D eigenvalue weighted by Gasteiger charge is 2.09. The fraction of sp³-hybridized carbons (Fsp3) is 0.250. The van der Waals surface area contributed by atoms with Crippen LogP contribution in [0.3, 0.4) is 0 Å². The first-order valence-electron chi connectivity index (χ1n) is 6.34. The molecule has 2 rings (SSSR count). The van der Waals surface area contributed by atoms with Crippen molar-refractivity contribution in [2.24, 2.45) is 5.73 Å². The maximum absolute atomic E-state index is 5.93. The Kier molecular flexibility index (Phi) is 4.27. The van der Waals surface area contributed by atoms with E-state index in [4.69, 9.17) is 5.73 Å². The molecule has 0 aromatic heterocycles. The number of aryl methyl sites for hydroxylation is 1. The van der Waals surface area contributed by atoms with E-state index < -0.39 is 0 Å². The van der Waals surface area contributed by atoms with E-state index in [-0.39, 0.29) is 6.04 Å². The molecule has 0 bridgehead atoms. The lowest BCUT2D eigenvalue weighted by atomic mass is 10.1. The Balaban J connectivity index is 2.34. The van der Waals surface area contributed by atoms with E-state index in [1.807, 2.05) is 6.92 Å². The van der Waals surface area contributed by atoms with Crippen LogP contribution in [-0.2, 0) is 0 Å². The molecule has 0 radical (unpaired) electrons. The van der Waals surface area contributed by atoms with Gasteiger partial charge in [-0.25, -0.2) is 0 Å². The van der Waals surface area contributed by atoms with Crippen LogP contribution in [0.15, 0.2) is 46.9 Å². The Morgan fingerprint density at radius 2 is 1.79 bits per heavy atom. The zero-order chi connectivity index (χ0) is 14.0. The van der Waals surface area contributed by atoms with Crippen molar-refractivity contribution in [3.05, 3.63) is 58.1 Å². The van der Waals surface area contributed by atoms with Gasteiger partial charge in [0.1, 0.15) is 0 Å². The van der Waals surface area contributed by atoms with Gasteiger partial charge in [0.15, 0.2) is 0 Å². The van der Waals surface area contributed by atoms with Gasteiger partial charge in [-0.1, -0.05) is 34.1 Å². The number of nitrogens with zero attached hydrogens (tertiary/aromatic N) is 1. The Hall–Kier alpha value is -1.32. The van der Waals surface area contributed by atoms with E-state index in [9.17, 15) is 0 Å². The highest BCUT2D eigenvalue weighted by molar-refractivity contribution is 9.10. The minimum absolute atomic E-state index is 0.0349. The third kappa shape index (κ3) is 3.17. The van der Waals surface area contributed by atoms with Gasteiger partial charge in [0.25, 0.3) is 0 Å². The Bertz CT molecular complexity index is 579. The molecule has 0 aliphatic rings. The smallest absolute Gasteiger partial charge is 0.0419 e. The third-order valence-electron chi connectivity index (χ3n) is 3.25. The van der Waals surface area contributed by atoms with Gasteiger partial charge in [-0.05, 0) is 49.2 Å². The van der Waals surface area contributed by atoms with Gasteiger partial charge in [-0.3, -0.25) is 0 Å². The summed E-state index contributed by atoms with van der Waals surface area (Å²) in [7, 11) is 2.07. The number of benzene rings is 2. The molecular formula is C16H19BrN2. The van der Waals surface area contributed by atoms with Gasteiger partial charge in [-0.15, -0.1) is 0 Å². The second kappa shape index (κ2) is 5.76. The predicted molar refractivity (Wildman–Crippen MR) is 86.0 cm³/mol. The van der Waals surface area contributed by atoms with Gasteiger partial charge in [0.05, 0.1) is 0 Å². The van der Waals surface area contributed by atoms with E-state index in [1.54, 1.807) is 0 Å². The molecule has 1 unspecified atom stereocenters. The molecule has 2 aromatic rings. The fourth-order valence-corrected chi connectivity index (χ4v) is 2.81. The fourth-order valence-electron chi connectivity index (χ4n) is 2.08. The van der Waals surface area contributed by atoms with E-state index in [1.165, 1.54) is 11.3 Å². The van der Waals surface area contributed by atoms with Crippen molar-refractivity contribution in [1.82, 2.24) is 0 Å². The molecule has 2 N–H and O–H groups in total. The van der Waals surface area contributed by atoms with Crippen LogP contribution in [0.5, 0.6) is 0 Å². The number of rotatable bonds is 3. The van der Waals surface area contributed by atoms with Crippen LogP contribution in [0, 0.1) is 6.92 Å². The largest absolute Gasteiger partial charge is 0.345 e. The number of anilines is 2. The summed E-state index contributed by atoms with van der Waals surface area (Å²) in [4.78, 5) is 2.17. The molecule has 0 spiro atoms. The second-order valence-corrected chi connectivity index (χ2v) is 5.75. The molecule has 1 atom stereocenters. The van der Waals surface area contributed by atoms with E-state index >= 15 is 0 Å². The lowest BCUT2D eigenvalue weighted by Gasteiger charge is -2.21. The van der Waals surface area contributed by atoms with Gasteiger partial charge in [-0.2, -0.15) is 0 Å². The molecule has 0 aliphatic carbocycles. The van der Waals surface area contributed by atoms with Crippen molar-refractivity contribution in [2.45, 2.75) is 19.9 Å². The SMILES string of the molecule is Cc1cccc(N(C)c2ccc(C(C)N)c(Br)c2)c1. The van der Waals surface area contributed by atoms with E-state index in [2.05, 4.69) is 77.3 Å². The average molecular weight is 319 g/mol. The van der Waals surface area contributed by atoms with Crippen molar-refractivity contribution in [1.29, 1.82) is 0 Å². The zero-order valence-corrected chi connectivity index (χ0v) is 13.1. The molecule has 2 nitrogen and oxygen atoms in total. The first-order chi connectivity index (χ1) is 8.99. The highest BCUT2D eigenvalue weighted by atomic mass is 79.9. The van der Waals surface area contributed by atoms with E-state index in [0.717, 1.165) is 15.7 Å². The maximum atomic E-state index is 5.93. The molecule has 0 saturated carbocycles. The number of hydrogen-bond acceptors (Lipinski definition) is 2. The summed E-state index contributed by atoms with van der Waals surface area (Å²) in [6, 6.07) is 14.8. The van der Waals surface area contributed by atoms with Crippen molar-refractivity contribution in [2.75, 3.05) is 11.9 Å². The van der Waals surface area contributed by atoms with Crippen molar-refractivity contribution in [3.8, 4) is 0 Å². The molecule has 3 heteroatoms. The normalized spacial score (nSPS) is 12.3. The summed E-state index contributed by atoms with van der Waals surface area (Å²) in [6.07, 6.45) is 0. The van der Waals surface area contributed by atoms with Crippen molar-refractivity contribution < 1.29 is 0 Å². The van der Waals surface area contributed by atoms with Crippen molar-refractivity contribution in [3.63, 3.8) is 0 Å². The molecular weight excluding hydrogens is 300 g/mol. The van der Waals surface area contributed by atoms with Crippen LogP contribution >= 0.6 is 15.9 Å². The summed E-state index contributed by atoms with van der Waals surface area (Å²) < 4.78 is 1.06. The van der Waals surface area contributed by atoms with Crippen LogP contribution in [0.2, 0.25) is 0 Å². The molecule has 0 heterocycles. The summed E-state index contributed by atoms with van der Waals surface area (Å²) in [5, 5.41) is 0. The van der Waals surface area contributed by atoms with E-state index in [0.29, 0.717) is 0 Å². The van der Waals surface area contributed by atoms with Gasteiger partial charge >= 0.3 is 0 Å². The van der Waals surface area contributed by atoms with Crippen LogP contribution in [-0.4, -0.2) is 7.05 Å². The monoisotopic (exact) mass is 318 g/mol. The van der Waals surface area contributed by atoms with Crippen LogP contribution in [0.4, 0.5) is 11.4 Å². The zero-order valence-electron chi connectivity index (χ0n) is 11.5. The molecule has 0 saturated heterocycles. The molecule has 0 aliphatic heterocycles.